The Hall–Kier alpha value is -5.17. The Morgan fingerprint density at radius 3 is 2.24 bits per heavy atom. The van der Waals surface area contributed by atoms with Crippen LogP contribution in [0.3, 0.4) is 0 Å². The number of likely N-dealkylation sites (tertiary alicyclic amines) is 1. The van der Waals surface area contributed by atoms with E-state index < -0.39 is 12.1 Å². The van der Waals surface area contributed by atoms with Crippen LogP contribution in [0, 0.1) is 11.7 Å². The Labute approximate surface area is 339 Å². The van der Waals surface area contributed by atoms with Crippen molar-refractivity contribution >= 4 is 45.4 Å². The molecule has 58 heavy (non-hydrogen) atoms. The lowest BCUT2D eigenvalue weighted by molar-refractivity contribution is -0.135. The monoisotopic (exact) mass is 792 g/mol. The van der Waals surface area contributed by atoms with E-state index in [1.54, 1.807) is 6.07 Å². The van der Waals surface area contributed by atoms with Crippen LogP contribution < -0.4 is 15.1 Å². The number of imidazole rings is 2. The van der Waals surface area contributed by atoms with E-state index in [1.807, 2.05) is 30.9 Å². The standard InChI is InChI=1S/C45H57FN8O4/c1-6-7-9-28(4)42-47-33-14-11-29(24-35(33)49-42)37-17-18-38(54(37)31-13-16-39(32(46)26-31)52-20-22-58-23-21-52)30-12-15-34-36(25-30)50-43(48-34)40-10-8-19-53(40)44(55)41(27(2)3)51-45(56)57-5/h11-16,24-28,37-38,40-41H,6-10,17-23H2,1-5H3,(H,47,49)(H,48,50)(H,51,56)/t28?,37-,38?,40+,41+/m1/s1. The fraction of sp³-hybridized carbons (Fsp3) is 0.511. The molecule has 13 heteroatoms. The van der Waals surface area contributed by atoms with Crippen molar-refractivity contribution < 1.29 is 23.5 Å². The Balaban J connectivity index is 1.11. The van der Waals surface area contributed by atoms with Gasteiger partial charge in [0.2, 0.25) is 5.91 Å². The van der Waals surface area contributed by atoms with E-state index in [2.05, 4.69) is 75.3 Å². The fourth-order valence-corrected chi connectivity index (χ4v) is 9.28. The van der Waals surface area contributed by atoms with Crippen LogP contribution in [-0.4, -0.2) is 82.8 Å². The zero-order valence-electron chi connectivity index (χ0n) is 34.4. The summed E-state index contributed by atoms with van der Waals surface area (Å²) >= 11 is 0. The molecule has 2 unspecified atom stereocenters. The number of ether oxygens (including phenoxy) is 2. The molecule has 0 spiro atoms. The number of nitrogens with one attached hydrogen (secondary N) is 3. The minimum Gasteiger partial charge on any atom is -0.453 e. The van der Waals surface area contributed by atoms with E-state index in [-0.39, 0.29) is 35.8 Å². The molecule has 3 aliphatic rings. The number of aromatic amines is 2. The number of hydrogen-bond donors (Lipinski definition) is 3. The minimum absolute atomic E-state index is 0.00545. The van der Waals surface area contributed by atoms with Gasteiger partial charge < -0.3 is 39.5 Å². The highest BCUT2D eigenvalue weighted by Gasteiger charge is 2.39. The first-order chi connectivity index (χ1) is 28.1. The number of rotatable bonds is 12. The summed E-state index contributed by atoms with van der Waals surface area (Å²) < 4.78 is 26.5. The largest absolute Gasteiger partial charge is 0.453 e. The number of morpholine rings is 1. The first-order valence-corrected chi connectivity index (χ1v) is 21.2. The Morgan fingerprint density at radius 1 is 0.897 bits per heavy atom. The number of halogens is 1. The van der Waals surface area contributed by atoms with Crippen LogP contribution in [0.2, 0.25) is 0 Å². The van der Waals surface area contributed by atoms with Crippen molar-refractivity contribution in [2.45, 2.75) is 103 Å². The Morgan fingerprint density at radius 2 is 1.59 bits per heavy atom. The molecule has 3 N–H and O–H groups in total. The molecule has 5 atom stereocenters. The van der Waals surface area contributed by atoms with Crippen LogP contribution in [0.4, 0.5) is 20.6 Å². The summed E-state index contributed by atoms with van der Waals surface area (Å²) in [7, 11) is 1.30. The molecular weight excluding hydrogens is 736 g/mol. The fourth-order valence-electron chi connectivity index (χ4n) is 9.28. The number of amides is 2. The molecule has 3 saturated heterocycles. The van der Waals surface area contributed by atoms with Gasteiger partial charge in [-0.15, -0.1) is 0 Å². The number of nitrogens with zero attached hydrogens (tertiary/aromatic N) is 5. The second-order valence-electron chi connectivity index (χ2n) is 16.6. The van der Waals surface area contributed by atoms with Crippen molar-refractivity contribution in [3.63, 3.8) is 0 Å². The summed E-state index contributed by atoms with van der Waals surface area (Å²) in [5, 5.41) is 2.73. The van der Waals surface area contributed by atoms with E-state index in [0.717, 1.165) is 83.5 Å². The van der Waals surface area contributed by atoms with Crippen LogP contribution in [-0.2, 0) is 14.3 Å². The van der Waals surface area contributed by atoms with Gasteiger partial charge in [-0.3, -0.25) is 4.79 Å². The third-order valence-electron chi connectivity index (χ3n) is 12.5. The first-order valence-electron chi connectivity index (χ1n) is 21.2. The van der Waals surface area contributed by atoms with Gasteiger partial charge in [-0.05, 0) is 91.6 Å². The Bertz CT molecular complexity index is 2250. The van der Waals surface area contributed by atoms with Crippen LogP contribution >= 0.6 is 0 Å². The predicted octanol–water partition coefficient (Wildman–Crippen LogP) is 8.84. The molecule has 5 aromatic rings. The van der Waals surface area contributed by atoms with Gasteiger partial charge in [0, 0.05) is 31.2 Å². The molecular formula is C45H57FN8O4. The molecule has 0 saturated carbocycles. The van der Waals surface area contributed by atoms with Gasteiger partial charge in [-0.2, -0.15) is 0 Å². The number of fused-ring (bicyclic) bond motifs is 2. The summed E-state index contributed by atoms with van der Waals surface area (Å²) in [5.74, 6) is 1.62. The van der Waals surface area contributed by atoms with Crippen molar-refractivity contribution in [3.8, 4) is 0 Å². The number of hydrogen-bond acceptors (Lipinski definition) is 8. The quantitative estimate of drug-likeness (QED) is 0.114. The molecule has 0 radical (unpaired) electrons. The van der Waals surface area contributed by atoms with Gasteiger partial charge in [0.05, 0.1) is 66.2 Å². The first kappa shape index (κ1) is 39.6. The lowest BCUT2D eigenvalue weighted by Gasteiger charge is -2.34. The number of anilines is 2. The highest BCUT2D eigenvalue weighted by Crippen LogP contribution is 2.48. The predicted molar refractivity (Wildman–Crippen MR) is 225 cm³/mol. The van der Waals surface area contributed by atoms with Crippen molar-refractivity contribution in [2.75, 3.05) is 49.8 Å². The molecule has 3 fully saturated rings. The number of benzene rings is 3. The van der Waals surface area contributed by atoms with Crippen molar-refractivity contribution in [2.24, 2.45) is 5.92 Å². The molecule has 12 nitrogen and oxygen atoms in total. The summed E-state index contributed by atoms with van der Waals surface area (Å²) in [6.45, 7) is 11.4. The lowest BCUT2D eigenvalue weighted by Crippen LogP contribution is -2.51. The zero-order chi connectivity index (χ0) is 40.5. The maximum Gasteiger partial charge on any atom is 0.407 e. The SMILES string of the molecule is CCCCC(C)c1nc2ccc([C@H]3CCC(c4ccc5nc([C@@H]6CCCN6C(=O)[C@@H](NC(=O)OC)C(C)C)[nH]c5c4)N3c3ccc(N4CCOCC4)c(F)c3)cc2[nH]1. The van der Waals surface area contributed by atoms with Crippen molar-refractivity contribution in [1.82, 2.24) is 30.2 Å². The molecule has 3 aromatic carbocycles. The molecule has 308 valence electrons. The molecule has 2 amide bonds. The van der Waals surface area contributed by atoms with E-state index in [9.17, 15) is 9.59 Å². The number of carbonyl (C=O) groups excluding carboxylic acids is 2. The van der Waals surface area contributed by atoms with Crippen LogP contribution in [0.5, 0.6) is 0 Å². The highest BCUT2D eigenvalue weighted by molar-refractivity contribution is 5.86. The minimum atomic E-state index is -0.705. The van der Waals surface area contributed by atoms with Gasteiger partial charge in [-0.25, -0.2) is 19.2 Å². The second kappa shape index (κ2) is 17.0. The summed E-state index contributed by atoms with van der Waals surface area (Å²) in [4.78, 5) is 49.4. The van der Waals surface area contributed by atoms with Gasteiger partial charge in [0.1, 0.15) is 23.5 Å². The Kier molecular flexibility index (Phi) is 11.6. The topological polar surface area (TPSA) is 132 Å². The summed E-state index contributed by atoms with van der Waals surface area (Å²) in [6.07, 6.45) is 6.17. The maximum absolute atomic E-state index is 16.2. The molecule has 2 aromatic heterocycles. The normalized spacial score (nSPS) is 21.0. The lowest BCUT2D eigenvalue weighted by atomic mass is 10.0. The number of carbonyl (C=O) groups is 2. The summed E-state index contributed by atoms with van der Waals surface area (Å²) in [5.41, 5.74) is 7.43. The van der Waals surface area contributed by atoms with E-state index >= 15 is 4.39 Å². The third kappa shape index (κ3) is 7.85. The number of aromatic nitrogens is 4. The van der Waals surface area contributed by atoms with Gasteiger partial charge in [0.25, 0.3) is 0 Å². The van der Waals surface area contributed by atoms with Crippen molar-refractivity contribution in [1.29, 1.82) is 0 Å². The van der Waals surface area contributed by atoms with Gasteiger partial charge in [-0.1, -0.05) is 52.7 Å². The molecule has 8 rings (SSSR count). The third-order valence-corrected chi connectivity index (χ3v) is 12.5. The van der Waals surface area contributed by atoms with E-state index in [1.165, 1.54) is 19.1 Å². The molecule has 3 aliphatic heterocycles. The average molecular weight is 793 g/mol. The van der Waals surface area contributed by atoms with E-state index in [4.69, 9.17) is 19.4 Å². The number of unbranched alkanes of at least 4 members (excludes halogenated alkanes) is 1. The van der Waals surface area contributed by atoms with E-state index in [0.29, 0.717) is 44.5 Å². The molecule has 5 heterocycles. The van der Waals surface area contributed by atoms with Crippen LogP contribution in [0.25, 0.3) is 22.1 Å². The second-order valence-corrected chi connectivity index (χ2v) is 16.6. The van der Waals surface area contributed by atoms with Crippen LogP contribution in [0.15, 0.2) is 54.6 Å². The van der Waals surface area contributed by atoms with Crippen molar-refractivity contribution in [3.05, 3.63) is 83.2 Å². The number of H-pyrrole nitrogens is 2. The average Bonchev–Trinajstić information content (AvgIpc) is 4.06. The zero-order valence-corrected chi connectivity index (χ0v) is 34.4. The van der Waals surface area contributed by atoms with Gasteiger partial charge >= 0.3 is 6.09 Å². The molecule has 0 bridgehead atoms. The smallest absolute Gasteiger partial charge is 0.407 e. The molecule has 0 aliphatic carbocycles. The number of alkyl carbamates (subject to hydrolysis) is 1. The highest BCUT2D eigenvalue weighted by atomic mass is 19.1. The summed E-state index contributed by atoms with van der Waals surface area (Å²) in [6, 6.07) is 17.6. The maximum atomic E-state index is 16.2. The number of methoxy groups -OCH3 is 1. The van der Waals surface area contributed by atoms with Crippen LogP contribution in [0.1, 0.15) is 119 Å². The van der Waals surface area contributed by atoms with Gasteiger partial charge in [0.15, 0.2) is 0 Å².